The lowest BCUT2D eigenvalue weighted by molar-refractivity contribution is 0.0693. The monoisotopic (exact) mass is 284 g/mol. The van der Waals surface area contributed by atoms with E-state index in [1.54, 1.807) is 18.4 Å². The molecule has 1 unspecified atom stereocenters. The minimum Gasteiger partial charge on any atom is -0.467 e. The number of benzene rings is 1. The fourth-order valence-electron chi connectivity index (χ4n) is 2.52. The minimum atomic E-state index is -0.260. The van der Waals surface area contributed by atoms with E-state index in [-0.39, 0.29) is 17.9 Å². The number of carbonyl (C=O) groups is 2. The molecule has 0 spiro atoms. The quantitative estimate of drug-likeness (QED) is 0.876. The summed E-state index contributed by atoms with van der Waals surface area (Å²) in [7, 11) is 1.50. The Kier molecular flexibility index (Phi) is 3.25. The molecule has 0 bridgehead atoms. The highest BCUT2D eigenvalue weighted by atomic mass is 16.3. The van der Waals surface area contributed by atoms with E-state index in [0.29, 0.717) is 11.1 Å². The van der Waals surface area contributed by atoms with Crippen LogP contribution in [0.15, 0.2) is 41.0 Å². The van der Waals surface area contributed by atoms with E-state index in [1.807, 2.05) is 18.2 Å². The van der Waals surface area contributed by atoms with Crippen LogP contribution in [0.1, 0.15) is 45.9 Å². The number of hydrogen-bond donors (Lipinski definition) is 1. The van der Waals surface area contributed by atoms with Crippen molar-refractivity contribution in [1.29, 1.82) is 0 Å². The third-order valence-electron chi connectivity index (χ3n) is 3.73. The van der Waals surface area contributed by atoms with Crippen molar-refractivity contribution < 1.29 is 14.0 Å². The van der Waals surface area contributed by atoms with E-state index in [4.69, 9.17) is 4.42 Å². The van der Waals surface area contributed by atoms with E-state index in [0.717, 1.165) is 22.8 Å². The Bertz CT molecular complexity index is 692. The summed E-state index contributed by atoms with van der Waals surface area (Å²) >= 11 is 0. The molecule has 0 saturated carbocycles. The Morgan fingerprint density at radius 3 is 2.62 bits per heavy atom. The number of anilines is 1. The van der Waals surface area contributed by atoms with Gasteiger partial charge in [0.2, 0.25) is 0 Å². The van der Waals surface area contributed by atoms with Crippen molar-refractivity contribution in [1.82, 2.24) is 4.90 Å². The highest BCUT2D eigenvalue weighted by Gasteiger charge is 2.32. The molecule has 2 aromatic rings. The van der Waals surface area contributed by atoms with Crippen LogP contribution >= 0.6 is 0 Å². The number of nitrogens with zero attached hydrogens (tertiary/aromatic N) is 1. The summed E-state index contributed by atoms with van der Waals surface area (Å²) in [4.78, 5) is 25.0. The minimum absolute atomic E-state index is 0.0305. The van der Waals surface area contributed by atoms with Crippen LogP contribution in [0.3, 0.4) is 0 Å². The lowest BCUT2D eigenvalue weighted by Gasteiger charge is -2.16. The summed E-state index contributed by atoms with van der Waals surface area (Å²) in [6, 6.07) is 9.02. The van der Waals surface area contributed by atoms with Crippen LogP contribution < -0.4 is 5.32 Å². The number of nitrogens with one attached hydrogen (secondary N) is 1. The highest BCUT2D eigenvalue weighted by molar-refractivity contribution is 6.21. The SMILES string of the molecule is CCC(Nc1ccc2c(c1)C(=O)N(C)C2=O)c1ccco1. The third-order valence-corrected chi connectivity index (χ3v) is 3.73. The van der Waals surface area contributed by atoms with Crippen molar-refractivity contribution in [2.24, 2.45) is 0 Å². The molecule has 0 fully saturated rings. The predicted molar refractivity (Wildman–Crippen MR) is 78.2 cm³/mol. The van der Waals surface area contributed by atoms with Crippen LogP contribution in [0.25, 0.3) is 0 Å². The maximum atomic E-state index is 12.0. The average molecular weight is 284 g/mol. The van der Waals surface area contributed by atoms with E-state index in [2.05, 4.69) is 12.2 Å². The normalized spacial score (nSPS) is 15.2. The second-order valence-corrected chi connectivity index (χ2v) is 5.05. The first kappa shape index (κ1) is 13.4. The van der Waals surface area contributed by atoms with Gasteiger partial charge in [-0.2, -0.15) is 0 Å². The van der Waals surface area contributed by atoms with Gasteiger partial charge in [0.05, 0.1) is 23.4 Å². The van der Waals surface area contributed by atoms with E-state index in [1.165, 1.54) is 7.05 Å². The van der Waals surface area contributed by atoms with Gasteiger partial charge in [-0.1, -0.05) is 6.92 Å². The topological polar surface area (TPSA) is 62.6 Å². The Hall–Kier alpha value is -2.56. The van der Waals surface area contributed by atoms with Gasteiger partial charge in [-0.05, 0) is 36.8 Å². The molecule has 1 aromatic carbocycles. The molecule has 1 aliphatic heterocycles. The van der Waals surface area contributed by atoms with Crippen molar-refractivity contribution >= 4 is 17.5 Å². The van der Waals surface area contributed by atoms with Crippen molar-refractivity contribution in [2.45, 2.75) is 19.4 Å². The Labute approximate surface area is 122 Å². The average Bonchev–Trinajstić information content (AvgIpc) is 3.10. The standard InChI is InChI=1S/C16H16N2O3/c1-3-13(14-5-4-8-21-14)17-10-6-7-11-12(9-10)16(20)18(2)15(11)19/h4-9,13,17H,3H2,1-2H3. The molecular formula is C16H16N2O3. The van der Waals surface area contributed by atoms with Crippen molar-refractivity contribution in [2.75, 3.05) is 12.4 Å². The summed E-state index contributed by atoms with van der Waals surface area (Å²) in [6.45, 7) is 2.05. The molecule has 0 saturated heterocycles. The van der Waals surface area contributed by atoms with Crippen LogP contribution in [0.2, 0.25) is 0 Å². The van der Waals surface area contributed by atoms with Gasteiger partial charge >= 0.3 is 0 Å². The van der Waals surface area contributed by atoms with Gasteiger partial charge < -0.3 is 9.73 Å². The summed E-state index contributed by atoms with van der Waals surface area (Å²) in [5, 5.41) is 3.34. The van der Waals surface area contributed by atoms with Gasteiger partial charge in [0.15, 0.2) is 0 Å². The Balaban J connectivity index is 1.88. The van der Waals surface area contributed by atoms with Crippen LogP contribution in [0.5, 0.6) is 0 Å². The number of rotatable bonds is 4. The first-order valence-electron chi connectivity index (χ1n) is 6.88. The summed E-state index contributed by atoms with van der Waals surface area (Å²) in [5.74, 6) is 0.335. The fourth-order valence-corrected chi connectivity index (χ4v) is 2.52. The first-order valence-corrected chi connectivity index (χ1v) is 6.88. The van der Waals surface area contributed by atoms with Gasteiger partial charge in [0, 0.05) is 12.7 Å². The van der Waals surface area contributed by atoms with Gasteiger partial charge in [-0.3, -0.25) is 14.5 Å². The zero-order valence-electron chi connectivity index (χ0n) is 11.9. The molecule has 1 aromatic heterocycles. The molecule has 2 amide bonds. The molecule has 3 rings (SSSR count). The summed E-state index contributed by atoms with van der Waals surface area (Å²) in [6.07, 6.45) is 2.48. The second-order valence-electron chi connectivity index (χ2n) is 5.05. The molecule has 1 N–H and O–H groups in total. The number of imide groups is 1. The second kappa shape index (κ2) is 5.09. The van der Waals surface area contributed by atoms with Crippen molar-refractivity contribution in [3.05, 3.63) is 53.5 Å². The number of hydrogen-bond acceptors (Lipinski definition) is 4. The third kappa shape index (κ3) is 2.20. The van der Waals surface area contributed by atoms with Crippen LogP contribution in [-0.4, -0.2) is 23.8 Å². The van der Waals surface area contributed by atoms with E-state index >= 15 is 0 Å². The van der Waals surface area contributed by atoms with E-state index < -0.39 is 0 Å². The molecule has 5 heteroatoms. The number of carbonyl (C=O) groups excluding carboxylic acids is 2. The maximum Gasteiger partial charge on any atom is 0.261 e. The lowest BCUT2D eigenvalue weighted by Crippen LogP contribution is -2.24. The van der Waals surface area contributed by atoms with E-state index in [9.17, 15) is 9.59 Å². The summed E-state index contributed by atoms with van der Waals surface area (Å²) < 4.78 is 5.41. The molecule has 5 nitrogen and oxygen atoms in total. The van der Waals surface area contributed by atoms with Gasteiger partial charge in [-0.15, -0.1) is 0 Å². The van der Waals surface area contributed by atoms with Crippen LogP contribution in [-0.2, 0) is 0 Å². The van der Waals surface area contributed by atoms with Crippen molar-refractivity contribution in [3.63, 3.8) is 0 Å². The number of fused-ring (bicyclic) bond motifs is 1. The molecule has 21 heavy (non-hydrogen) atoms. The number of furan rings is 1. The molecule has 108 valence electrons. The van der Waals surface area contributed by atoms with Gasteiger partial charge in [0.25, 0.3) is 11.8 Å². The van der Waals surface area contributed by atoms with Gasteiger partial charge in [0.1, 0.15) is 5.76 Å². The molecule has 0 radical (unpaired) electrons. The fraction of sp³-hybridized carbons (Fsp3) is 0.250. The molecule has 1 atom stereocenters. The Morgan fingerprint density at radius 2 is 1.95 bits per heavy atom. The summed E-state index contributed by atoms with van der Waals surface area (Å²) in [5.41, 5.74) is 1.70. The largest absolute Gasteiger partial charge is 0.467 e. The molecule has 0 aliphatic carbocycles. The molecular weight excluding hydrogens is 268 g/mol. The smallest absolute Gasteiger partial charge is 0.261 e. The Morgan fingerprint density at radius 1 is 1.19 bits per heavy atom. The van der Waals surface area contributed by atoms with Gasteiger partial charge in [-0.25, -0.2) is 0 Å². The molecule has 1 aliphatic rings. The number of amides is 2. The van der Waals surface area contributed by atoms with Crippen LogP contribution in [0, 0.1) is 0 Å². The maximum absolute atomic E-state index is 12.0. The van der Waals surface area contributed by atoms with Crippen LogP contribution in [0.4, 0.5) is 5.69 Å². The lowest BCUT2D eigenvalue weighted by atomic mass is 10.1. The zero-order valence-corrected chi connectivity index (χ0v) is 11.9. The van der Waals surface area contributed by atoms with Crippen molar-refractivity contribution in [3.8, 4) is 0 Å². The predicted octanol–water partition coefficient (Wildman–Crippen LogP) is 3.07. The highest BCUT2D eigenvalue weighted by Crippen LogP contribution is 2.28. The molecule has 2 heterocycles. The zero-order chi connectivity index (χ0) is 15.0. The first-order chi connectivity index (χ1) is 10.1.